The number of rotatable bonds is 4. The third kappa shape index (κ3) is 3.28. The Kier molecular flexibility index (Phi) is 4.74. The van der Waals surface area contributed by atoms with Gasteiger partial charge in [-0.25, -0.2) is 0 Å². The average molecular weight is 184 g/mol. The molecular formula is C11H24N2. The van der Waals surface area contributed by atoms with Gasteiger partial charge in [-0.3, -0.25) is 0 Å². The number of nitrogens with zero attached hydrogens (tertiary/aromatic N) is 1. The summed E-state index contributed by atoms with van der Waals surface area (Å²) in [5, 5.41) is 3.57. The van der Waals surface area contributed by atoms with Crippen molar-refractivity contribution in [3.63, 3.8) is 0 Å². The predicted molar refractivity (Wildman–Crippen MR) is 58.0 cm³/mol. The lowest BCUT2D eigenvalue weighted by atomic mass is 9.92. The maximum atomic E-state index is 3.57. The molecule has 1 fully saturated rings. The summed E-state index contributed by atoms with van der Waals surface area (Å²) in [5.41, 5.74) is 0. The molecule has 13 heavy (non-hydrogen) atoms. The summed E-state index contributed by atoms with van der Waals surface area (Å²) in [6.07, 6.45) is 2.71. The maximum Gasteiger partial charge on any atom is 0.0198 e. The molecule has 2 nitrogen and oxygen atoms in total. The van der Waals surface area contributed by atoms with Crippen molar-refractivity contribution in [3.8, 4) is 0 Å². The van der Waals surface area contributed by atoms with Crippen molar-refractivity contribution in [1.82, 2.24) is 10.2 Å². The molecule has 0 radical (unpaired) electrons. The Bertz CT molecular complexity index is 124. The molecule has 0 amide bonds. The lowest BCUT2D eigenvalue weighted by Gasteiger charge is -2.37. The molecule has 1 heterocycles. The van der Waals surface area contributed by atoms with Crippen molar-refractivity contribution in [2.24, 2.45) is 5.92 Å². The molecule has 0 saturated carbocycles. The summed E-state index contributed by atoms with van der Waals surface area (Å²) < 4.78 is 0. The van der Waals surface area contributed by atoms with Crippen molar-refractivity contribution in [1.29, 1.82) is 0 Å². The second kappa shape index (κ2) is 5.61. The number of hydrogen-bond donors (Lipinski definition) is 1. The maximum absolute atomic E-state index is 3.57. The number of hydrogen-bond acceptors (Lipinski definition) is 2. The van der Waals surface area contributed by atoms with Gasteiger partial charge in [0.25, 0.3) is 0 Å². The van der Waals surface area contributed by atoms with Crippen LogP contribution in [0.1, 0.15) is 33.6 Å². The quantitative estimate of drug-likeness (QED) is 0.715. The monoisotopic (exact) mass is 184 g/mol. The summed E-state index contributed by atoms with van der Waals surface area (Å²) in [6.45, 7) is 11.7. The largest absolute Gasteiger partial charge is 0.313 e. The van der Waals surface area contributed by atoms with Crippen LogP contribution in [0.5, 0.6) is 0 Å². The van der Waals surface area contributed by atoms with Crippen LogP contribution in [0.25, 0.3) is 0 Å². The minimum Gasteiger partial charge on any atom is -0.313 e. The molecule has 0 aromatic heterocycles. The van der Waals surface area contributed by atoms with Gasteiger partial charge in [-0.15, -0.1) is 0 Å². The van der Waals surface area contributed by atoms with E-state index in [0.717, 1.165) is 18.5 Å². The second-order valence-corrected chi connectivity index (χ2v) is 4.12. The van der Waals surface area contributed by atoms with Gasteiger partial charge in [0.1, 0.15) is 0 Å². The van der Waals surface area contributed by atoms with Crippen LogP contribution in [-0.4, -0.2) is 37.1 Å². The molecule has 1 N–H and O–H groups in total. The smallest absolute Gasteiger partial charge is 0.0198 e. The van der Waals surface area contributed by atoms with Crippen LogP contribution in [0.2, 0.25) is 0 Å². The average Bonchev–Trinajstić information content (AvgIpc) is 2.17. The van der Waals surface area contributed by atoms with Crippen LogP contribution in [0.3, 0.4) is 0 Å². The van der Waals surface area contributed by atoms with E-state index in [4.69, 9.17) is 0 Å². The van der Waals surface area contributed by atoms with E-state index in [9.17, 15) is 0 Å². The Morgan fingerprint density at radius 3 is 2.54 bits per heavy atom. The first-order valence-electron chi connectivity index (χ1n) is 5.75. The number of likely N-dealkylation sites (N-methyl/N-ethyl adjacent to an activating group) is 2. The fourth-order valence-corrected chi connectivity index (χ4v) is 2.29. The molecule has 0 spiro atoms. The highest BCUT2D eigenvalue weighted by molar-refractivity contribution is 4.82. The minimum absolute atomic E-state index is 0.739. The number of likely N-dealkylation sites (tertiary alicyclic amines) is 1. The van der Waals surface area contributed by atoms with Crippen molar-refractivity contribution in [3.05, 3.63) is 0 Å². The van der Waals surface area contributed by atoms with Crippen molar-refractivity contribution >= 4 is 0 Å². The second-order valence-electron chi connectivity index (χ2n) is 4.12. The van der Waals surface area contributed by atoms with E-state index >= 15 is 0 Å². The molecule has 0 aliphatic carbocycles. The molecular weight excluding hydrogens is 160 g/mol. The minimum atomic E-state index is 0.739. The van der Waals surface area contributed by atoms with E-state index in [0.29, 0.717) is 0 Å². The highest BCUT2D eigenvalue weighted by atomic mass is 15.2. The molecule has 1 saturated heterocycles. The number of nitrogens with one attached hydrogen (secondary N) is 1. The topological polar surface area (TPSA) is 15.3 Å². The number of piperidine rings is 1. The SMILES string of the molecule is CCNC1CC(CC)CN(CC)C1. The van der Waals surface area contributed by atoms with E-state index < -0.39 is 0 Å². The van der Waals surface area contributed by atoms with Gasteiger partial charge in [0.15, 0.2) is 0 Å². The van der Waals surface area contributed by atoms with Crippen LogP contribution in [0, 0.1) is 5.92 Å². The van der Waals surface area contributed by atoms with E-state index in [1.165, 1.54) is 32.5 Å². The van der Waals surface area contributed by atoms with Crippen LogP contribution >= 0.6 is 0 Å². The van der Waals surface area contributed by atoms with Crippen LogP contribution in [-0.2, 0) is 0 Å². The predicted octanol–water partition coefficient (Wildman–Crippen LogP) is 1.72. The lowest BCUT2D eigenvalue weighted by molar-refractivity contribution is 0.145. The van der Waals surface area contributed by atoms with Gasteiger partial charge in [0.05, 0.1) is 0 Å². The van der Waals surface area contributed by atoms with Crippen molar-refractivity contribution in [2.75, 3.05) is 26.2 Å². The van der Waals surface area contributed by atoms with E-state index in [-0.39, 0.29) is 0 Å². The van der Waals surface area contributed by atoms with Crippen molar-refractivity contribution < 1.29 is 0 Å². The Morgan fingerprint density at radius 2 is 2.00 bits per heavy atom. The summed E-state index contributed by atoms with van der Waals surface area (Å²) in [4.78, 5) is 2.57. The molecule has 0 bridgehead atoms. The Hall–Kier alpha value is -0.0800. The van der Waals surface area contributed by atoms with Crippen molar-refractivity contribution in [2.45, 2.75) is 39.7 Å². The third-order valence-corrected chi connectivity index (χ3v) is 3.13. The standard InChI is InChI=1S/C11H24N2/c1-4-10-7-11(12-5-2)9-13(6-3)8-10/h10-12H,4-9H2,1-3H3. The third-order valence-electron chi connectivity index (χ3n) is 3.13. The molecule has 2 atom stereocenters. The summed E-state index contributed by atoms with van der Waals surface area (Å²) in [5.74, 6) is 0.915. The molecule has 1 rings (SSSR count). The Labute approximate surface area is 82.7 Å². The van der Waals surface area contributed by atoms with Gasteiger partial charge < -0.3 is 10.2 Å². The fraction of sp³-hybridized carbons (Fsp3) is 1.00. The van der Waals surface area contributed by atoms with Crippen LogP contribution in [0.15, 0.2) is 0 Å². The Morgan fingerprint density at radius 1 is 1.23 bits per heavy atom. The highest BCUT2D eigenvalue weighted by Crippen LogP contribution is 2.19. The molecule has 78 valence electrons. The van der Waals surface area contributed by atoms with E-state index in [2.05, 4.69) is 31.0 Å². The van der Waals surface area contributed by atoms with Gasteiger partial charge in [-0.2, -0.15) is 0 Å². The zero-order chi connectivity index (χ0) is 9.68. The molecule has 1 aliphatic rings. The molecule has 0 aromatic rings. The van der Waals surface area contributed by atoms with Crippen LogP contribution < -0.4 is 5.32 Å². The zero-order valence-corrected chi connectivity index (χ0v) is 9.34. The summed E-state index contributed by atoms with van der Waals surface area (Å²) >= 11 is 0. The first-order chi connectivity index (χ1) is 6.30. The van der Waals surface area contributed by atoms with Gasteiger partial charge in [0.2, 0.25) is 0 Å². The van der Waals surface area contributed by atoms with Crippen LogP contribution in [0.4, 0.5) is 0 Å². The lowest BCUT2D eigenvalue weighted by Crippen LogP contribution is -2.48. The first-order valence-corrected chi connectivity index (χ1v) is 5.75. The molecule has 2 heteroatoms. The highest BCUT2D eigenvalue weighted by Gasteiger charge is 2.24. The molecule has 2 unspecified atom stereocenters. The van der Waals surface area contributed by atoms with Gasteiger partial charge >= 0.3 is 0 Å². The first kappa shape index (κ1) is 11.0. The summed E-state index contributed by atoms with van der Waals surface area (Å²) in [6, 6.07) is 0.739. The normalized spacial score (nSPS) is 30.7. The Balaban J connectivity index is 2.39. The van der Waals surface area contributed by atoms with Gasteiger partial charge in [-0.1, -0.05) is 27.2 Å². The van der Waals surface area contributed by atoms with Gasteiger partial charge in [0, 0.05) is 19.1 Å². The van der Waals surface area contributed by atoms with E-state index in [1.54, 1.807) is 0 Å². The van der Waals surface area contributed by atoms with E-state index in [1.807, 2.05) is 0 Å². The fourth-order valence-electron chi connectivity index (χ4n) is 2.29. The zero-order valence-electron chi connectivity index (χ0n) is 9.34. The summed E-state index contributed by atoms with van der Waals surface area (Å²) in [7, 11) is 0. The molecule has 1 aliphatic heterocycles. The molecule has 0 aromatic carbocycles. The van der Waals surface area contributed by atoms with Gasteiger partial charge in [-0.05, 0) is 25.4 Å².